The van der Waals surface area contributed by atoms with Crippen molar-refractivity contribution in [3.63, 3.8) is 0 Å². The van der Waals surface area contributed by atoms with Gasteiger partial charge in [-0.15, -0.1) is 0 Å². The van der Waals surface area contributed by atoms with Crippen molar-refractivity contribution in [3.8, 4) is 17.5 Å². The van der Waals surface area contributed by atoms with Crippen molar-refractivity contribution in [2.75, 3.05) is 6.54 Å². The molecule has 0 atom stereocenters. The molecule has 8 nitrogen and oxygen atoms in total. The molecule has 1 aromatic carbocycles. The molecule has 0 amide bonds. The molecule has 1 aromatic heterocycles. The summed E-state index contributed by atoms with van der Waals surface area (Å²) in [5, 5.41) is 18.4. The van der Waals surface area contributed by atoms with Crippen molar-refractivity contribution in [1.82, 2.24) is 9.78 Å². The number of nitrogens with zero attached hydrogens (tertiary/aromatic N) is 6. The van der Waals surface area contributed by atoms with Crippen LogP contribution in [0, 0.1) is 22.0 Å². The Hall–Kier alpha value is -3.30. The normalized spacial score (nSPS) is 9.33. The summed E-state index contributed by atoms with van der Waals surface area (Å²) in [6.45, 7) is 0.307. The maximum Gasteiger partial charge on any atom is 0.294 e. The van der Waals surface area contributed by atoms with E-state index >= 15 is 0 Å². The van der Waals surface area contributed by atoms with Crippen molar-refractivity contribution in [2.24, 2.45) is 5.11 Å². The smallest absolute Gasteiger partial charge is 0.258 e. The zero-order valence-corrected chi connectivity index (χ0v) is 10.9. The molecule has 0 saturated heterocycles. The van der Waals surface area contributed by atoms with E-state index < -0.39 is 4.92 Å². The van der Waals surface area contributed by atoms with Gasteiger partial charge in [0.15, 0.2) is 0 Å². The van der Waals surface area contributed by atoms with E-state index in [9.17, 15) is 10.1 Å². The van der Waals surface area contributed by atoms with E-state index in [1.54, 1.807) is 24.4 Å². The van der Waals surface area contributed by atoms with Crippen molar-refractivity contribution in [3.05, 3.63) is 62.8 Å². The highest BCUT2D eigenvalue weighted by molar-refractivity contribution is 5.52. The monoisotopic (exact) mass is 282 g/mol. The summed E-state index contributed by atoms with van der Waals surface area (Å²) >= 11 is 0. The number of nitro benzene ring substituents is 1. The van der Waals surface area contributed by atoms with Gasteiger partial charge < -0.3 is 0 Å². The van der Waals surface area contributed by atoms with E-state index in [-0.39, 0.29) is 5.69 Å². The average Bonchev–Trinajstić information content (AvgIpc) is 2.96. The molecule has 21 heavy (non-hydrogen) atoms. The van der Waals surface area contributed by atoms with Crippen molar-refractivity contribution in [1.29, 1.82) is 0 Å². The molecule has 104 valence electrons. The minimum Gasteiger partial charge on any atom is -0.258 e. The lowest BCUT2D eigenvalue weighted by molar-refractivity contribution is -0.384. The van der Waals surface area contributed by atoms with Crippen molar-refractivity contribution in [2.45, 2.75) is 6.42 Å². The fourth-order valence-corrected chi connectivity index (χ4v) is 1.65. The van der Waals surface area contributed by atoms with E-state index in [0.717, 1.165) is 0 Å². The SMILES string of the molecule is [N-]=[N+]=NCCC#Cc1cnn(-c2ccccc2[N+](=O)[O-])c1. The summed E-state index contributed by atoms with van der Waals surface area (Å²) in [7, 11) is 0. The van der Waals surface area contributed by atoms with Crippen LogP contribution < -0.4 is 0 Å². The first-order valence-electron chi connectivity index (χ1n) is 6.00. The number of aromatic nitrogens is 2. The van der Waals surface area contributed by atoms with Crippen LogP contribution in [-0.4, -0.2) is 21.2 Å². The third-order valence-corrected chi connectivity index (χ3v) is 2.54. The predicted molar refractivity (Wildman–Crippen MR) is 75.7 cm³/mol. The molecule has 0 aliphatic carbocycles. The second kappa shape index (κ2) is 6.75. The summed E-state index contributed by atoms with van der Waals surface area (Å²) in [6.07, 6.45) is 3.58. The van der Waals surface area contributed by atoms with E-state index in [0.29, 0.717) is 24.2 Å². The van der Waals surface area contributed by atoms with Gasteiger partial charge in [0.05, 0.1) is 16.7 Å². The molecule has 0 aliphatic rings. The first kappa shape index (κ1) is 14.1. The summed E-state index contributed by atoms with van der Waals surface area (Å²) < 4.78 is 1.41. The van der Waals surface area contributed by atoms with Crippen LogP contribution in [0.25, 0.3) is 16.1 Å². The Balaban J connectivity index is 2.20. The molecule has 0 fully saturated rings. The maximum absolute atomic E-state index is 11.0. The van der Waals surface area contributed by atoms with Crippen LogP contribution in [0.1, 0.15) is 12.0 Å². The fourth-order valence-electron chi connectivity index (χ4n) is 1.65. The van der Waals surface area contributed by atoms with Crippen LogP contribution in [0.5, 0.6) is 0 Å². The van der Waals surface area contributed by atoms with Crippen LogP contribution in [0.15, 0.2) is 41.8 Å². The maximum atomic E-state index is 11.0. The van der Waals surface area contributed by atoms with Crippen molar-refractivity contribution < 1.29 is 4.92 Å². The fraction of sp³-hybridized carbons (Fsp3) is 0.154. The first-order valence-corrected chi connectivity index (χ1v) is 6.00. The van der Waals surface area contributed by atoms with Crippen molar-refractivity contribution >= 4 is 5.69 Å². The Morgan fingerprint density at radius 2 is 2.29 bits per heavy atom. The highest BCUT2D eigenvalue weighted by Crippen LogP contribution is 2.21. The Kier molecular flexibility index (Phi) is 4.54. The highest BCUT2D eigenvalue weighted by atomic mass is 16.6. The van der Waals surface area contributed by atoms with Gasteiger partial charge in [-0.3, -0.25) is 10.1 Å². The third-order valence-electron chi connectivity index (χ3n) is 2.54. The Morgan fingerprint density at radius 3 is 3.05 bits per heavy atom. The van der Waals surface area contributed by atoms with E-state index in [1.165, 1.54) is 16.9 Å². The van der Waals surface area contributed by atoms with E-state index in [2.05, 4.69) is 27.0 Å². The number of hydrogen-bond donors (Lipinski definition) is 0. The highest BCUT2D eigenvalue weighted by Gasteiger charge is 2.14. The van der Waals surface area contributed by atoms with Gasteiger partial charge in [0.2, 0.25) is 0 Å². The molecular formula is C13H10N6O2. The third kappa shape index (κ3) is 3.59. The second-order valence-corrected chi connectivity index (χ2v) is 3.93. The molecule has 0 spiro atoms. The molecule has 0 unspecified atom stereocenters. The van der Waals surface area contributed by atoms with Gasteiger partial charge in [-0.2, -0.15) is 5.10 Å². The van der Waals surface area contributed by atoms with Gasteiger partial charge in [0.1, 0.15) is 5.69 Å². The van der Waals surface area contributed by atoms with Crippen LogP contribution >= 0.6 is 0 Å². The van der Waals surface area contributed by atoms with Gasteiger partial charge >= 0.3 is 0 Å². The Labute approximate surface area is 119 Å². The molecule has 0 saturated carbocycles. The Morgan fingerprint density at radius 1 is 1.48 bits per heavy atom. The number of rotatable bonds is 4. The number of benzene rings is 1. The topological polar surface area (TPSA) is 110 Å². The molecule has 1 heterocycles. The summed E-state index contributed by atoms with van der Waals surface area (Å²) in [6, 6.07) is 6.34. The Bertz CT molecular complexity index is 764. The molecular weight excluding hydrogens is 272 g/mol. The van der Waals surface area contributed by atoms with Gasteiger partial charge in [0, 0.05) is 30.1 Å². The van der Waals surface area contributed by atoms with Crippen LogP contribution in [0.4, 0.5) is 5.69 Å². The van der Waals surface area contributed by atoms with E-state index in [1.807, 2.05) is 0 Å². The predicted octanol–water partition coefficient (Wildman–Crippen LogP) is 2.83. The summed E-state index contributed by atoms with van der Waals surface area (Å²) in [5.41, 5.74) is 9.11. The largest absolute Gasteiger partial charge is 0.294 e. The van der Waals surface area contributed by atoms with Gasteiger partial charge in [-0.1, -0.05) is 29.1 Å². The number of hydrogen-bond acceptors (Lipinski definition) is 4. The lowest BCUT2D eigenvalue weighted by Crippen LogP contribution is -1.99. The van der Waals surface area contributed by atoms with Gasteiger partial charge in [-0.25, -0.2) is 4.68 Å². The first-order chi connectivity index (χ1) is 10.2. The second-order valence-electron chi connectivity index (χ2n) is 3.93. The molecule has 0 N–H and O–H groups in total. The van der Waals surface area contributed by atoms with Crippen LogP contribution in [-0.2, 0) is 0 Å². The average molecular weight is 282 g/mol. The molecule has 0 aliphatic heterocycles. The summed E-state index contributed by atoms with van der Waals surface area (Å²) in [5.74, 6) is 5.69. The van der Waals surface area contributed by atoms with E-state index in [4.69, 9.17) is 5.53 Å². The number of azide groups is 1. The zero-order chi connectivity index (χ0) is 15.1. The summed E-state index contributed by atoms with van der Waals surface area (Å²) in [4.78, 5) is 13.1. The lowest BCUT2D eigenvalue weighted by Gasteiger charge is -2.01. The van der Waals surface area contributed by atoms with Gasteiger partial charge in [0.25, 0.3) is 5.69 Å². The quantitative estimate of drug-likeness (QED) is 0.163. The molecule has 2 aromatic rings. The number of para-hydroxylation sites is 2. The molecule has 8 heteroatoms. The van der Waals surface area contributed by atoms with Crippen LogP contribution in [0.2, 0.25) is 0 Å². The standard InChI is InChI=1S/C13H10N6O2/c14-17-15-8-4-3-5-11-9-16-18(10-11)12-6-1-2-7-13(12)19(20)21/h1-2,6-7,9-10H,4,8H2. The zero-order valence-electron chi connectivity index (χ0n) is 10.9. The van der Waals surface area contributed by atoms with Gasteiger partial charge in [-0.05, 0) is 11.6 Å². The lowest BCUT2D eigenvalue weighted by atomic mass is 10.2. The molecule has 0 bridgehead atoms. The molecule has 0 radical (unpaired) electrons. The minimum atomic E-state index is -0.456. The molecule has 2 rings (SSSR count). The minimum absolute atomic E-state index is 0.0246. The number of nitro groups is 1. The van der Waals surface area contributed by atoms with Crippen LogP contribution in [0.3, 0.4) is 0 Å².